The van der Waals surface area contributed by atoms with Gasteiger partial charge in [0.05, 0.1) is 17.5 Å². The summed E-state index contributed by atoms with van der Waals surface area (Å²) in [6.07, 6.45) is 0. The number of para-hydroxylation sites is 1. The lowest BCUT2D eigenvalue weighted by Gasteiger charge is -2.14. The van der Waals surface area contributed by atoms with Crippen molar-refractivity contribution in [3.8, 4) is 5.69 Å². The Morgan fingerprint density at radius 1 is 1.11 bits per heavy atom. The molecule has 1 atom stereocenters. The predicted octanol–water partition coefficient (Wildman–Crippen LogP) is 5.95. The first-order chi connectivity index (χ1) is 17.8. The minimum Gasteiger partial charge on any atom is -0.378 e. The highest BCUT2D eigenvalue weighted by molar-refractivity contribution is 14.1. The molecule has 10 heteroatoms. The van der Waals surface area contributed by atoms with E-state index in [2.05, 4.69) is 73.8 Å². The standard InChI is InChI=1S/C27H26FIN6OS/c1-17-15-22(29)13-14-24(17)30-16-25-32-34-27(35(25)23-7-5-4-6-8-23)37-19(3)26(36)33-31-18(2)20-9-11-21(28)12-10-20/h4-15,19,30H,16H2,1-3H3,(H,33,36)/b31-18+/t19-/m1/s1. The van der Waals surface area contributed by atoms with E-state index in [1.807, 2.05) is 34.9 Å². The van der Waals surface area contributed by atoms with Crippen LogP contribution in [-0.4, -0.2) is 31.6 Å². The van der Waals surface area contributed by atoms with Gasteiger partial charge in [0.15, 0.2) is 11.0 Å². The summed E-state index contributed by atoms with van der Waals surface area (Å²) in [6.45, 7) is 6.07. The van der Waals surface area contributed by atoms with E-state index in [1.165, 1.54) is 27.5 Å². The lowest BCUT2D eigenvalue weighted by Crippen LogP contribution is -2.28. The molecule has 0 saturated heterocycles. The SMILES string of the molecule is C/C(=N\NC(=O)[C@@H](C)Sc1nnc(CNc2ccc(I)cc2C)n1-c1ccccc1)c1ccc(F)cc1. The Morgan fingerprint density at radius 3 is 2.54 bits per heavy atom. The fraction of sp³-hybridized carbons (Fsp3) is 0.185. The van der Waals surface area contributed by atoms with Crippen LogP contribution in [0.5, 0.6) is 0 Å². The van der Waals surface area contributed by atoms with E-state index in [4.69, 9.17) is 0 Å². The summed E-state index contributed by atoms with van der Waals surface area (Å²) in [5.41, 5.74) is 6.99. The van der Waals surface area contributed by atoms with E-state index in [0.717, 1.165) is 28.3 Å². The minimum absolute atomic E-state index is 0.275. The number of amides is 1. The molecular weight excluding hydrogens is 602 g/mol. The molecule has 1 amide bonds. The van der Waals surface area contributed by atoms with Gasteiger partial charge in [-0.2, -0.15) is 5.10 Å². The van der Waals surface area contributed by atoms with Gasteiger partial charge in [0.1, 0.15) is 5.82 Å². The summed E-state index contributed by atoms with van der Waals surface area (Å²) < 4.78 is 16.3. The molecule has 3 aromatic carbocycles. The number of benzene rings is 3. The van der Waals surface area contributed by atoms with Crippen LogP contribution in [0.15, 0.2) is 83.1 Å². The number of thioether (sulfide) groups is 1. The Hall–Kier alpha value is -3.25. The molecule has 0 radical (unpaired) electrons. The number of hydrogen-bond acceptors (Lipinski definition) is 6. The second-order valence-corrected chi connectivity index (χ2v) is 10.9. The zero-order valence-corrected chi connectivity index (χ0v) is 23.5. The van der Waals surface area contributed by atoms with E-state index in [9.17, 15) is 9.18 Å². The van der Waals surface area contributed by atoms with E-state index < -0.39 is 5.25 Å². The van der Waals surface area contributed by atoms with Crippen LogP contribution in [0.3, 0.4) is 0 Å². The molecule has 4 aromatic rings. The van der Waals surface area contributed by atoms with Gasteiger partial charge in [-0.3, -0.25) is 9.36 Å². The Kier molecular flexibility index (Phi) is 8.93. The maximum absolute atomic E-state index is 13.2. The molecule has 7 nitrogen and oxygen atoms in total. The Balaban J connectivity index is 1.50. The first-order valence-electron chi connectivity index (χ1n) is 11.6. The topological polar surface area (TPSA) is 84.2 Å². The quantitative estimate of drug-likeness (QED) is 0.104. The van der Waals surface area contributed by atoms with E-state index in [-0.39, 0.29) is 11.7 Å². The molecular formula is C27H26FIN6OS. The smallest absolute Gasteiger partial charge is 0.253 e. The number of nitrogens with zero attached hydrogens (tertiary/aromatic N) is 4. The first-order valence-corrected chi connectivity index (χ1v) is 13.5. The van der Waals surface area contributed by atoms with Crippen molar-refractivity contribution in [1.82, 2.24) is 20.2 Å². The average Bonchev–Trinajstić information content (AvgIpc) is 3.29. The largest absolute Gasteiger partial charge is 0.378 e. The molecule has 0 aliphatic carbocycles. The number of halogens is 2. The van der Waals surface area contributed by atoms with Crippen molar-refractivity contribution in [1.29, 1.82) is 0 Å². The molecule has 4 rings (SSSR count). The molecule has 0 aliphatic rings. The Labute approximate surface area is 233 Å². The molecule has 1 aromatic heterocycles. The average molecular weight is 629 g/mol. The third kappa shape index (κ3) is 6.95. The molecule has 0 saturated carbocycles. The fourth-order valence-corrected chi connectivity index (χ4v) is 5.05. The van der Waals surface area contributed by atoms with Gasteiger partial charge in [0.25, 0.3) is 5.91 Å². The van der Waals surface area contributed by atoms with Crippen LogP contribution in [0, 0.1) is 16.3 Å². The number of hydrogen-bond donors (Lipinski definition) is 2. The van der Waals surface area contributed by atoms with Gasteiger partial charge in [-0.1, -0.05) is 42.1 Å². The van der Waals surface area contributed by atoms with Gasteiger partial charge >= 0.3 is 0 Å². The van der Waals surface area contributed by atoms with Gasteiger partial charge in [-0.05, 0) is 97.0 Å². The number of carbonyl (C=O) groups excluding carboxylic acids is 1. The summed E-state index contributed by atoms with van der Waals surface area (Å²) in [6, 6.07) is 22.0. The minimum atomic E-state index is -0.490. The summed E-state index contributed by atoms with van der Waals surface area (Å²) in [7, 11) is 0. The van der Waals surface area contributed by atoms with Crippen LogP contribution < -0.4 is 10.7 Å². The number of hydrazone groups is 1. The van der Waals surface area contributed by atoms with Gasteiger partial charge in [0, 0.05) is 14.9 Å². The number of anilines is 1. The molecule has 2 N–H and O–H groups in total. The van der Waals surface area contributed by atoms with Crippen LogP contribution in [0.25, 0.3) is 5.69 Å². The number of nitrogens with one attached hydrogen (secondary N) is 2. The van der Waals surface area contributed by atoms with Gasteiger partial charge < -0.3 is 5.32 Å². The summed E-state index contributed by atoms with van der Waals surface area (Å²) in [5.74, 6) is 0.129. The van der Waals surface area contributed by atoms with Gasteiger partial charge in [-0.15, -0.1) is 10.2 Å². The normalized spacial score (nSPS) is 12.3. The number of rotatable bonds is 9. The van der Waals surface area contributed by atoms with E-state index in [0.29, 0.717) is 17.4 Å². The number of aryl methyl sites for hydroxylation is 1. The van der Waals surface area contributed by atoms with Crippen LogP contribution in [0.1, 0.15) is 30.8 Å². The number of carbonyl (C=O) groups is 1. The molecule has 0 unspecified atom stereocenters. The second-order valence-electron chi connectivity index (χ2n) is 8.32. The van der Waals surface area contributed by atoms with Gasteiger partial charge in [0.2, 0.25) is 0 Å². The Bertz CT molecular complexity index is 1410. The molecule has 0 spiro atoms. The van der Waals surface area contributed by atoms with E-state index in [1.54, 1.807) is 26.0 Å². The molecule has 190 valence electrons. The monoisotopic (exact) mass is 628 g/mol. The maximum atomic E-state index is 13.2. The number of aromatic nitrogens is 3. The molecule has 0 fully saturated rings. The zero-order valence-electron chi connectivity index (χ0n) is 20.6. The zero-order chi connectivity index (χ0) is 26.4. The lowest BCUT2D eigenvalue weighted by atomic mass is 10.1. The summed E-state index contributed by atoms with van der Waals surface area (Å²) in [4.78, 5) is 12.8. The van der Waals surface area contributed by atoms with Crippen molar-refractivity contribution in [3.05, 3.63) is 99.1 Å². The fourth-order valence-electron chi connectivity index (χ4n) is 3.52. The van der Waals surface area contributed by atoms with Crippen molar-refractivity contribution in [2.75, 3.05) is 5.32 Å². The van der Waals surface area contributed by atoms with Crippen molar-refractivity contribution in [2.45, 2.75) is 37.7 Å². The molecule has 0 aliphatic heterocycles. The highest BCUT2D eigenvalue weighted by Crippen LogP contribution is 2.27. The third-order valence-corrected chi connectivity index (χ3v) is 7.30. The summed E-state index contributed by atoms with van der Waals surface area (Å²) >= 11 is 3.60. The highest BCUT2D eigenvalue weighted by Gasteiger charge is 2.21. The summed E-state index contributed by atoms with van der Waals surface area (Å²) in [5, 5.41) is 16.6. The van der Waals surface area contributed by atoms with Crippen LogP contribution >= 0.6 is 34.4 Å². The Morgan fingerprint density at radius 2 is 1.84 bits per heavy atom. The highest BCUT2D eigenvalue weighted by atomic mass is 127. The van der Waals surface area contributed by atoms with E-state index >= 15 is 0 Å². The van der Waals surface area contributed by atoms with Crippen LogP contribution in [0.4, 0.5) is 10.1 Å². The first kappa shape index (κ1) is 26.8. The van der Waals surface area contributed by atoms with Crippen LogP contribution in [-0.2, 0) is 11.3 Å². The molecule has 37 heavy (non-hydrogen) atoms. The second kappa shape index (κ2) is 12.3. The van der Waals surface area contributed by atoms with Gasteiger partial charge in [-0.25, -0.2) is 9.82 Å². The maximum Gasteiger partial charge on any atom is 0.253 e. The van der Waals surface area contributed by atoms with Crippen molar-refractivity contribution < 1.29 is 9.18 Å². The van der Waals surface area contributed by atoms with Crippen molar-refractivity contribution >= 4 is 51.7 Å². The van der Waals surface area contributed by atoms with Crippen molar-refractivity contribution in [2.24, 2.45) is 5.10 Å². The lowest BCUT2D eigenvalue weighted by molar-refractivity contribution is -0.120. The molecule has 0 bridgehead atoms. The predicted molar refractivity (Wildman–Crippen MR) is 155 cm³/mol. The van der Waals surface area contributed by atoms with Crippen LogP contribution in [0.2, 0.25) is 0 Å². The third-order valence-electron chi connectivity index (χ3n) is 5.59. The molecule has 1 heterocycles. The van der Waals surface area contributed by atoms with Crippen molar-refractivity contribution in [3.63, 3.8) is 0 Å².